The Morgan fingerprint density at radius 1 is 1.06 bits per heavy atom. The molecule has 0 unspecified atom stereocenters. The highest BCUT2D eigenvalue weighted by Crippen LogP contribution is 2.27. The van der Waals surface area contributed by atoms with Gasteiger partial charge < -0.3 is 30.5 Å². The molecule has 2 aliphatic rings. The van der Waals surface area contributed by atoms with Crippen molar-refractivity contribution in [3.8, 4) is 0 Å². The van der Waals surface area contributed by atoms with E-state index < -0.39 is 18.3 Å². The first-order valence-electron chi connectivity index (χ1n) is 10.8. The second kappa shape index (κ2) is 10.5. The number of nitrogens with zero attached hydrogens (tertiary/aromatic N) is 2. The van der Waals surface area contributed by atoms with Crippen molar-refractivity contribution in [2.45, 2.75) is 24.4 Å². The summed E-state index contributed by atoms with van der Waals surface area (Å²) in [6.07, 6.45) is -1.93. The molecule has 2 aromatic carbocycles. The lowest BCUT2D eigenvalue weighted by molar-refractivity contribution is -0.0205. The van der Waals surface area contributed by atoms with E-state index in [1.807, 2.05) is 18.2 Å². The second-order valence-corrected chi connectivity index (χ2v) is 8.52. The van der Waals surface area contributed by atoms with E-state index in [-0.39, 0.29) is 25.2 Å². The number of hydrogen-bond acceptors (Lipinski definition) is 6. The van der Waals surface area contributed by atoms with Crippen molar-refractivity contribution < 1.29 is 19.7 Å². The van der Waals surface area contributed by atoms with Crippen LogP contribution < -0.4 is 15.5 Å². The second-order valence-electron chi connectivity index (χ2n) is 8.08. The Kier molecular flexibility index (Phi) is 7.49. The van der Waals surface area contributed by atoms with Crippen LogP contribution in [0.25, 0.3) is 0 Å². The fourth-order valence-corrected chi connectivity index (χ4v) is 4.64. The van der Waals surface area contributed by atoms with Crippen LogP contribution >= 0.6 is 11.6 Å². The lowest BCUT2D eigenvalue weighted by Gasteiger charge is -2.41. The van der Waals surface area contributed by atoms with Gasteiger partial charge in [0.15, 0.2) is 0 Å². The molecule has 2 amide bonds. The molecule has 172 valence electrons. The highest BCUT2D eigenvalue weighted by Gasteiger charge is 2.46. The first-order valence-corrected chi connectivity index (χ1v) is 11.2. The zero-order valence-corrected chi connectivity index (χ0v) is 18.5. The van der Waals surface area contributed by atoms with Crippen LogP contribution in [0.15, 0.2) is 54.6 Å². The highest BCUT2D eigenvalue weighted by atomic mass is 35.5. The maximum atomic E-state index is 12.3. The van der Waals surface area contributed by atoms with Crippen LogP contribution in [0.3, 0.4) is 0 Å². The Bertz CT molecular complexity index is 895. The third kappa shape index (κ3) is 5.33. The van der Waals surface area contributed by atoms with E-state index in [9.17, 15) is 15.0 Å². The summed E-state index contributed by atoms with van der Waals surface area (Å²) >= 11 is 5.96. The third-order valence-corrected chi connectivity index (χ3v) is 6.28. The van der Waals surface area contributed by atoms with E-state index in [2.05, 4.69) is 32.6 Å². The van der Waals surface area contributed by atoms with Crippen molar-refractivity contribution in [1.29, 1.82) is 0 Å². The lowest BCUT2D eigenvalue weighted by atomic mass is 10.0. The molecule has 0 radical (unpaired) electrons. The molecule has 4 rings (SSSR count). The third-order valence-electron chi connectivity index (χ3n) is 6.04. The van der Waals surface area contributed by atoms with E-state index >= 15 is 0 Å². The number of aliphatic hydroxyl groups excluding tert-OH is 2. The monoisotopic (exact) mass is 460 g/mol. The van der Waals surface area contributed by atoms with Crippen molar-refractivity contribution in [3.63, 3.8) is 0 Å². The topological polar surface area (TPSA) is 97.3 Å². The van der Waals surface area contributed by atoms with Crippen LogP contribution in [0.1, 0.15) is 0 Å². The van der Waals surface area contributed by atoms with E-state index in [0.717, 1.165) is 26.2 Å². The number of benzene rings is 2. The Balaban J connectivity index is 1.35. The molecule has 4 N–H and O–H groups in total. The van der Waals surface area contributed by atoms with Gasteiger partial charge in [-0.3, -0.25) is 4.90 Å². The summed E-state index contributed by atoms with van der Waals surface area (Å²) in [5, 5.41) is 26.5. The van der Waals surface area contributed by atoms with Gasteiger partial charge in [-0.25, -0.2) is 4.79 Å². The van der Waals surface area contributed by atoms with Crippen molar-refractivity contribution in [3.05, 3.63) is 59.6 Å². The minimum Gasteiger partial charge on any atom is -0.394 e. The van der Waals surface area contributed by atoms with E-state index in [1.54, 1.807) is 24.3 Å². The number of halogens is 1. The Morgan fingerprint density at radius 3 is 2.50 bits per heavy atom. The van der Waals surface area contributed by atoms with Gasteiger partial charge in [0.2, 0.25) is 0 Å². The lowest BCUT2D eigenvalue weighted by Crippen LogP contribution is -2.57. The minimum atomic E-state index is -0.828. The normalized spacial score (nSPS) is 26.2. The van der Waals surface area contributed by atoms with Crippen LogP contribution in [0.4, 0.5) is 16.2 Å². The number of amides is 2. The van der Waals surface area contributed by atoms with Gasteiger partial charge in [0, 0.05) is 49.1 Å². The number of urea groups is 1. The number of anilines is 2. The smallest absolute Gasteiger partial charge is 0.319 e. The van der Waals surface area contributed by atoms with Crippen LogP contribution in [0.5, 0.6) is 0 Å². The van der Waals surface area contributed by atoms with Crippen LogP contribution in [0, 0.1) is 0 Å². The standard InChI is InChI=1S/C23H29ClN4O4/c24-16-5-4-6-17(13-16)26-23(31)25-14-19-21(22(30)20(15-29)32-19)28-11-9-27(10-12-28)18-7-2-1-3-8-18/h1-8,13,19-22,29-30H,9-12,14-15H2,(H2,25,26,31)/t19-,20+,21+,22-/m1/s1. The zero-order valence-electron chi connectivity index (χ0n) is 17.7. The first-order chi connectivity index (χ1) is 15.5. The summed E-state index contributed by atoms with van der Waals surface area (Å²) in [5.74, 6) is 0. The SMILES string of the molecule is O=C(NC[C@H]1O[C@@H](CO)[C@@H](O)[C@H]1N1CCN(c2ccccc2)CC1)Nc1cccc(Cl)c1. The van der Waals surface area contributed by atoms with Gasteiger partial charge in [-0.05, 0) is 30.3 Å². The molecule has 0 aliphatic carbocycles. The van der Waals surface area contributed by atoms with E-state index in [4.69, 9.17) is 16.3 Å². The summed E-state index contributed by atoms with van der Waals surface area (Å²) < 4.78 is 5.90. The molecule has 0 aromatic heterocycles. The number of aliphatic hydroxyl groups is 2. The Labute approximate surface area is 192 Å². The molecule has 2 heterocycles. The predicted molar refractivity (Wildman–Crippen MR) is 124 cm³/mol. The quantitative estimate of drug-likeness (QED) is 0.524. The summed E-state index contributed by atoms with van der Waals surface area (Å²) in [6.45, 7) is 3.10. The van der Waals surface area contributed by atoms with Gasteiger partial charge in [-0.1, -0.05) is 35.9 Å². The number of nitrogens with one attached hydrogen (secondary N) is 2. The largest absolute Gasteiger partial charge is 0.394 e. The first kappa shape index (κ1) is 22.8. The molecule has 2 aliphatic heterocycles. The predicted octanol–water partition coefficient (Wildman–Crippen LogP) is 1.77. The maximum absolute atomic E-state index is 12.3. The van der Waals surface area contributed by atoms with E-state index in [1.165, 1.54) is 5.69 Å². The number of para-hydroxylation sites is 1. The molecule has 0 bridgehead atoms. The Morgan fingerprint density at radius 2 is 1.81 bits per heavy atom. The molecular formula is C23H29ClN4O4. The molecule has 0 spiro atoms. The van der Waals surface area contributed by atoms with Gasteiger partial charge in [0.05, 0.1) is 18.8 Å². The minimum absolute atomic E-state index is 0.212. The molecule has 0 saturated carbocycles. The van der Waals surface area contributed by atoms with Crippen molar-refractivity contribution in [1.82, 2.24) is 10.2 Å². The maximum Gasteiger partial charge on any atom is 0.319 e. The number of carbonyl (C=O) groups excluding carboxylic acids is 1. The van der Waals surface area contributed by atoms with Gasteiger partial charge in [-0.15, -0.1) is 0 Å². The highest BCUT2D eigenvalue weighted by molar-refractivity contribution is 6.30. The number of rotatable bonds is 6. The fraction of sp³-hybridized carbons (Fsp3) is 0.435. The van der Waals surface area contributed by atoms with Crippen molar-refractivity contribution in [2.24, 2.45) is 0 Å². The van der Waals surface area contributed by atoms with Crippen LogP contribution in [-0.2, 0) is 4.74 Å². The molecule has 4 atom stereocenters. The molecular weight excluding hydrogens is 432 g/mol. The molecule has 9 heteroatoms. The van der Waals surface area contributed by atoms with Crippen LogP contribution in [0.2, 0.25) is 5.02 Å². The zero-order chi connectivity index (χ0) is 22.5. The van der Waals surface area contributed by atoms with Gasteiger partial charge >= 0.3 is 6.03 Å². The molecule has 32 heavy (non-hydrogen) atoms. The average molecular weight is 461 g/mol. The number of piperazine rings is 1. The number of ether oxygens (including phenoxy) is 1. The summed E-state index contributed by atoms with van der Waals surface area (Å²) in [7, 11) is 0. The molecule has 8 nitrogen and oxygen atoms in total. The molecule has 2 aromatic rings. The molecule has 2 fully saturated rings. The summed E-state index contributed by atoms with van der Waals surface area (Å²) in [5.41, 5.74) is 1.77. The van der Waals surface area contributed by atoms with Gasteiger partial charge in [-0.2, -0.15) is 0 Å². The number of hydrogen-bond donors (Lipinski definition) is 4. The average Bonchev–Trinajstić information content (AvgIpc) is 3.13. The Hall–Kier alpha value is -2.36. The van der Waals surface area contributed by atoms with E-state index in [0.29, 0.717) is 10.7 Å². The van der Waals surface area contributed by atoms with Crippen molar-refractivity contribution in [2.75, 3.05) is 49.5 Å². The summed E-state index contributed by atoms with van der Waals surface area (Å²) in [6, 6.07) is 16.4. The van der Waals surface area contributed by atoms with Gasteiger partial charge in [0.1, 0.15) is 12.2 Å². The van der Waals surface area contributed by atoms with Crippen LogP contribution in [-0.4, -0.2) is 84.8 Å². The number of carbonyl (C=O) groups is 1. The van der Waals surface area contributed by atoms with Crippen molar-refractivity contribution >= 4 is 29.0 Å². The summed E-state index contributed by atoms with van der Waals surface area (Å²) in [4.78, 5) is 16.9. The van der Waals surface area contributed by atoms with Gasteiger partial charge in [0.25, 0.3) is 0 Å². The fourth-order valence-electron chi connectivity index (χ4n) is 4.45. The molecule has 2 saturated heterocycles.